The highest BCUT2D eigenvalue weighted by Crippen LogP contribution is 2.22. The molecule has 0 radical (unpaired) electrons. The summed E-state index contributed by atoms with van der Waals surface area (Å²) in [6, 6.07) is 13.0. The van der Waals surface area contributed by atoms with Crippen LogP contribution in [0.25, 0.3) is 11.4 Å². The molecule has 3 rings (SSSR count). The number of nitrogens with zero attached hydrogens (tertiary/aromatic N) is 3. The van der Waals surface area contributed by atoms with Crippen LogP contribution < -0.4 is 10.3 Å². The number of nitrogens with one attached hydrogen (secondary N) is 2. The lowest BCUT2D eigenvalue weighted by Gasteiger charge is -2.07. The van der Waals surface area contributed by atoms with Gasteiger partial charge in [0.25, 0.3) is 0 Å². The summed E-state index contributed by atoms with van der Waals surface area (Å²) in [5.74, 6) is 1.54. The number of benzene rings is 2. The topological polar surface area (TPSA) is 87.5 Å². The van der Waals surface area contributed by atoms with Crippen LogP contribution in [-0.2, 0) is 6.42 Å². The van der Waals surface area contributed by atoms with Crippen molar-refractivity contribution in [1.82, 2.24) is 14.9 Å². The van der Waals surface area contributed by atoms with Gasteiger partial charge in [0.05, 0.1) is 12.8 Å². The van der Waals surface area contributed by atoms with Crippen molar-refractivity contribution in [2.24, 2.45) is 5.10 Å². The van der Waals surface area contributed by atoms with Crippen LogP contribution in [0.3, 0.4) is 0 Å². The lowest BCUT2D eigenvalue weighted by Crippen LogP contribution is -2.10. The molecule has 8 heteroatoms. The smallest absolute Gasteiger partial charge is 0.216 e. The second-order valence-corrected chi connectivity index (χ2v) is 6.24. The zero-order valence-electron chi connectivity index (χ0n) is 15.4. The SMILES string of the molecule is C=CCc1cccc(C=NNn2c(-c3ccc(OCC)cc3)n[nH]c2=S)c1O. The number of ether oxygens (including phenoxy) is 1. The van der Waals surface area contributed by atoms with Crippen LogP contribution in [0.5, 0.6) is 11.5 Å². The van der Waals surface area contributed by atoms with E-state index in [1.807, 2.05) is 43.3 Å². The van der Waals surface area contributed by atoms with Gasteiger partial charge in [-0.15, -0.1) is 6.58 Å². The summed E-state index contributed by atoms with van der Waals surface area (Å²) < 4.78 is 7.37. The molecule has 1 aromatic heterocycles. The zero-order valence-corrected chi connectivity index (χ0v) is 16.2. The molecule has 2 aromatic carbocycles. The van der Waals surface area contributed by atoms with E-state index < -0.39 is 0 Å². The number of hydrogen-bond acceptors (Lipinski definition) is 6. The van der Waals surface area contributed by atoms with Gasteiger partial charge in [-0.3, -0.25) is 0 Å². The minimum Gasteiger partial charge on any atom is -0.507 e. The van der Waals surface area contributed by atoms with E-state index in [2.05, 4.69) is 27.4 Å². The lowest BCUT2D eigenvalue weighted by molar-refractivity contribution is 0.340. The molecule has 3 N–H and O–H groups in total. The van der Waals surface area contributed by atoms with Crippen LogP contribution in [0, 0.1) is 4.77 Å². The van der Waals surface area contributed by atoms with Gasteiger partial charge >= 0.3 is 0 Å². The summed E-state index contributed by atoms with van der Waals surface area (Å²) in [6.45, 7) is 6.24. The molecule has 3 aromatic rings. The van der Waals surface area contributed by atoms with E-state index in [1.165, 1.54) is 6.21 Å². The van der Waals surface area contributed by atoms with Crippen molar-refractivity contribution in [2.45, 2.75) is 13.3 Å². The molecule has 1 heterocycles. The summed E-state index contributed by atoms with van der Waals surface area (Å²) in [7, 11) is 0. The second kappa shape index (κ2) is 9.01. The molecule has 7 nitrogen and oxygen atoms in total. The van der Waals surface area contributed by atoms with Crippen molar-refractivity contribution in [3.05, 3.63) is 71.0 Å². The number of aromatic nitrogens is 3. The van der Waals surface area contributed by atoms with Crippen LogP contribution in [0.1, 0.15) is 18.1 Å². The predicted molar refractivity (Wildman–Crippen MR) is 113 cm³/mol. The third-order valence-electron chi connectivity index (χ3n) is 3.97. The van der Waals surface area contributed by atoms with Gasteiger partial charge in [-0.05, 0) is 61.5 Å². The standard InChI is InChI=1S/C20H21N5O2S/c1-3-6-14-7-5-8-16(18(14)26)13-21-24-25-19(22-23-20(25)28)15-9-11-17(12-10-15)27-4-2/h3,5,7-13,24,26H,1,4,6H2,2H3,(H,23,28). The first-order chi connectivity index (χ1) is 13.6. The molecule has 0 bridgehead atoms. The van der Waals surface area contributed by atoms with Crippen molar-refractivity contribution in [3.8, 4) is 22.9 Å². The van der Waals surface area contributed by atoms with Crippen molar-refractivity contribution in [3.63, 3.8) is 0 Å². The Hall–Kier alpha value is -3.39. The maximum atomic E-state index is 10.3. The fraction of sp³-hybridized carbons (Fsp3) is 0.150. The molecule has 0 saturated heterocycles. The van der Waals surface area contributed by atoms with E-state index in [9.17, 15) is 5.11 Å². The van der Waals surface area contributed by atoms with Gasteiger partial charge in [0.2, 0.25) is 4.77 Å². The third kappa shape index (κ3) is 4.29. The van der Waals surface area contributed by atoms with Gasteiger partial charge in [-0.2, -0.15) is 14.9 Å². The van der Waals surface area contributed by atoms with Gasteiger partial charge in [-0.25, -0.2) is 10.6 Å². The van der Waals surface area contributed by atoms with E-state index in [0.717, 1.165) is 16.9 Å². The molecule has 0 unspecified atom stereocenters. The van der Waals surface area contributed by atoms with Crippen LogP contribution in [0.2, 0.25) is 0 Å². The van der Waals surface area contributed by atoms with Gasteiger partial charge in [0.15, 0.2) is 5.82 Å². The predicted octanol–water partition coefficient (Wildman–Crippen LogP) is 4.02. The number of aromatic hydroxyl groups is 1. The second-order valence-electron chi connectivity index (χ2n) is 5.85. The third-order valence-corrected chi connectivity index (χ3v) is 4.25. The molecule has 0 atom stereocenters. The Kier molecular flexibility index (Phi) is 6.23. The Morgan fingerprint density at radius 3 is 2.82 bits per heavy atom. The average molecular weight is 395 g/mol. The number of rotatable bonds is 8. The summed E-state index contributed by atoms with van der Waals surface area (Å²) >= 11 is 5.27. The maximum Gasteiger partial charge on any atom is 0.216 e. The number of para-hydroxylation sites is 1. The molecule has 0 spiro atoms. The van der Waals surface area contributed by atoms with Gasteiger partial charge in [0.1, 0.15) is 11.5 Å². The zero-order chi connectivity index (χ0) is 19.9. The molecule has 0 aliphatic heterocycles. The highest BCUT2D eigenvalue weighted by Gasteiger charge is 2.09. The van der Waals surface area contributed by atoms with E-state index in [0.29, 0.717) is 29.2 Å². The quantitative estimate of drug-likeness (QED) is 0.232. The van der Waals surface area contributed by atoms with Crippen LogP contribution in [0.15, 0.2) is 60.2 Å². The summed E-state index contributed by atoms with van der Waals surface area (Å²) in [6.07, 6.45) is 3.84. The lowest BCUT2D eigenvalue weighted by atomic mass is 10.1. The van der Waals surface area contributed by atoms with Gasteiger partial charge in [-0.1, -0.05) is 18.2 Å². The van der Waals surface area contributed by atoms with Crippen LogP contribution >= 0.6 is 12.2 Å². The molecule has 0 fully saturated rings. The van der Waals surface area contributed by atoms with Crippen LogP contribution in [-0.4, -0.2) is 32.8 Å². The van der Waals surface area contributed by atoms with Crippen molar-refractivity contribution >= 4 is 18.4 Å². The number of allylic oxidation sites excluding steroid dienone is 1. The first-order valence-electron chi connectivity index (χ1n) is 8.75. The molecule has 0 saturated carbocycles. The number of phenols is 1. The molecule has 0 aliphatic carbocycles. The highest BCUT2D eigenvalue weighted by atomic mass is 32.1. The number of phenolic OH excluding ortho intramolecular Hbond substituents is 1. The van der Waals surface area contributed by atoms with E-state index in [4.69, 9.17) is 17.0 Å². The fourth-order valence-corrected chi connectivity index (χ4v) is 2.81. The molecule has 0 amide bonds. The Labute approximate surface area is 168 Å². The van der Waals surface area contributed by atoms with Gasteiger partial charge < -0.3 is 9.84 Å². The first-order valence-corrected chi connectivity index (χ1v) is 9.16. The molecule has 28 heavy (non-hydrogen) atoms. The Balaban J connectivity index is 1.81. The van der Waals surface area contributed by atoms with Crippen molar-refractivity contribution < 1.29 is 9.84 Å². The minimum atomic E-state index is 0.176. The van der Waals surface area contributed by atoms with E-state index in [-0.39, 0.29) is 5.75 Å². The van der Waals surface area contributed by atoms with E-state index >= 15 is 0 Å². The van der Waals surface area contributed by atoms with Crippen molar-refractivity contribution in [1.29, 1.82) is 0 Å². The van der Waals surface area contributed by atoms with Gasteiger partial charge in [0, 0.05) is 11.1 Å². The summed E-state index contributed by atoms with van der Waals surface area (Å²) in [5, 5.41) is 21.5. The van der Waals surface area contributed by atoms with Crippen LogP contribution in [0.4, 0.5) is 0 Å². The summed E-state index contributed by atoms with van der Waals surface area (Å²) in [4.78, 5) is 0. The molecule has 0 aliphatic rings. The summed E-state index contributed by atoms with van der Waals surface area (Å²) in [5.41, 5.74) is 5.07. The van der Waals surface area contributed by atoms with Crippen molar-refractivity contribution in [2.75, 3.05) is 12.1 Å². The molecule has 144 valence electrons. The minimum absolute atomic E-state index is 0.176. The Bertz CT molecular complexity index is 1040. The number of H-pyrrole nitrogens is 1. The maximum absolute atomic E-state index is 10.3. The van der Waals surface area contributed by atoms with E-state index in [1.54, 1.807) is 16.8 Å². The Morgan fingerprint density at radius 2 is 2.11 bits per heavy atom. The fourth-order valence-electron chi connectivity index (χ4n) is 2.64. The largest absolute Gasteiger partial charge is 0.507 e. The normalized spacial score (nSPS) is 10.9. The Morgan fingerprint density at radius 1 is 1.32 bits per heavy atom. The number of aromatic amines is 1. The number of hydrazone groups is 1. The molecular weight excluding hydrogens is 374 g/mol. The number of hydrogen-bond donors (Lipinski definition) is 3. The molecular formula is C20H21N5O2S. The monoisotopic (exact) mass is 395 g/mol. The highest BCUT2D eigenvalue weighted by molar-refractivity contribution is 7.71. The first kappa shape index (κ1) is 19.4. The average Bonchev–Trinajstić information content (AvgIpc) is 3.06.